The predicted octanol–water partition coefficient (Wildman–Crippen LogP) is 7.63. The monoisotopic (exact) mass is 392 g/mol. The first-order valence-electron chi connectivity index (χ1n) is 11.4. The molecule has 0 unspecified atom stereocenters. The lowest BCUT2D eigenvalue weighted by molar-refractivity contribution is 0.415. The SMILES string of the molecule is CCCCCCCCCCCCn1c(-c2cccc(OC)c2)nc2ccccc21. The van der Waals surface area contributed by atoms with Gasteiger partial charge in [-0.1, -0.05) is 89.0 Å². The van der Waals surface area contributed by atoms with Crippen molar-refractivity contribution in [3.8, 4) is 17.1 Å². The normalized spacial score (nSPS) is 11.2. The number of methoxy groups -OCH3 is 1. The molecule has 1 heterocycles. The third kappa shape index (κ3) is 6.09. The van der Waals surface area contributed by atoms with Crippen LogP contribution < -0.4 is 4.74 Å². The highest BCUT2D eigenvalue weighted by Crippen LogP contribution is 2.28. The molecule has 1 aromatic heterocycles. The van der Waals surface area contributed by atoms with E-state index in [1.165, 1.54) is 69.7 Å². The zero-order chi connectivity index (χ0) is 20.3. The van der Waals surface area contributed by atoms with Crippen molar-refractivity contribution in [3.05, 3.63) is 48.5 Å². The van der Waals surface area contributed by atoms with Gasteiger partial charge in [-0.25, -0.2) is 4.98 Å². The first-order valence-corrected chi connectivity index (χ1v) is 11.4. The summed E-state index contributed by atoms with van der Waals surface area (Å²) in [7, 11) is 1.71. The van der Waals surface area contributed by atoms with Crippen molar-refractivity contribution in [2.75, 3.05) is 7.11 Å². The fourth-order valence-electron chi connectivity index (χ4n) is 4.04. The highest BCUT2D eigenvalue weighted by molar-refractivity contribution is 5.80. The Labute approximate surface area is 176 Å². The van der Waals surface area contributed by atoms with Crippen LogP contribution in [0.15, 0.2) is 48.5 Å². The van der Waals surface area contributed by atoms with Crippen molar-refractivity contribution in [2.24, 2.45) is 0 Å². The maximum atomic E-state index is 5.42. The number of para-hydroxylation sites is 2. The second-order valence-electron chi connectivity index (χ2n) is 7.99. The van der Waals surface area contributed by atoms with Crippen LogP contribution in [0.2, 0.25) is 0 Å². The Hall–Kier alpha value is -2.29. The molecule has 0 spiro atoms. The summed E-state index contributed by atoms with van der Waals surface area (Å²) in [6, 6.07) is 16.7. The molecule has 2 aromatic carbocycles. The van der Waals surface area contributed by atoms with Crippen molar-refractivity contribution in [2.45, 2.75) is 77.7 Å². The van der Waals surface area contributed by atoms with Gasteiger partial charge in [0.05, 0.1) is 18.1 Å². The van der Waals surface area contributed by atoms with Crippen molar-refractivity contribution in [3.63, 3.8) is 0 Å². The summed E-state index contributed by atoms with van der Waals surface area (Å²) in [6.45, 7) is 3.30. The fourth-order valence-corrected chi connectivity index (χ4v) is 4.04. The number of nitrogens with zero attached hydrogens (tertiary/aromatic N) is 2. The maximum Gasteiger partial charge on any atom is 0.141 e. The molecular weight excluding hydrogens is 356 g/mol. The minimum atomic E-state index is 0.875. The molecule has 0 saturated carbocycles. The summed E-state index contributed by atoms with van der Waals surface area (Å²) in [5, 5.41) is 0. The van der Waals surface area contributed by atoms with Gasteiger partial charge in [0.1, 0.15) is 11.6 Å². The quantitative estimate of drug-likeness (QED) is 0.280. The Morgan fingerprint density at radius 2 is 1.48 bits per heavy atom. The summed E-state index contributed by atoms with van der Waals surface area (Å²) in [6.07, 6.45) is 13.6. The van der Waals surface area contributed by atoms with E-state index in [0.29, 0.717) is 0 Å². The largest absolute Gasteiger partial charge is 0.497 e. The summed E-state index contributed by atoms with van der Waals surface area (Å²) in [4.78, 5) is 4.93. The minimum absolute atomic E-state index is 0.875. The Balaban J connectivity index is 1.57. The van der Waals surface area contributed by atoms with E-state index in [1.807, 2.05) is 12.1 Å². The van der Waals surface area contributed by atoms with E-state index in [-0.39, 0.29) is 0 Å². The number of hydrogen-bond acceptors (Lipinski definition) is 2. The highest BCUT2D eigenvalue weighted by atomic mass is 16.5. The number of aryl methyl sites for hydroxylation is 1. The van der Waals surface area contributed by atoms with E-state index in [0.717, 1.165) is 29.2 Å². The summed E-state index contributed by atoms with van der Waals surface area (Å²) in [5.74, 6) is 1.92. The molecule has 0 radical (unpaired) electrons. The molecule has 3 rings (SSSR count). The van der Waals surface area contributed by atoms with Crippen molar-refractivity contribution in [1.29, 1.82) is 0 Å². The molecule has 156 valence electrons. The van der Waals surface area contributed by atoms with E-state index >= 15 is 0 Å². The van der Waals surface area contributed by atoms with Crippen LogP contribution in [0.4, 0.5) is 0 Å². The molecule has 0 aliphatic carbocycles. The Bertz CT molecular complexity index is 868. The molecule has 0 aliphatic heterocycles. The van der Waals surface area contributed by atoms with Crippen molar-refractivity contribution < 1.29 is 4.74 Å². The Morgan fingerprint density at radius 1 is 0.793 bits per heavy atom. The lowest BCUT2D eigenvalue weighted by atomic mass is 10.1. The van der Waals surface area contributed by atoms with Crippen LogP contribution in [0, 0.1) is 0 Å². The van der Waals surface area contributed by atoms with E-state index in [1.54, 1.807) is 7.11 Å². The third-order valence-corrected chi connectivity index (χ3v) is 5.72. The lowest BCUT2D eigenvalue weighted by Crippen LogP contribution is -2.01. The van der Waals surface area contributed by atoms with Crippen molar-refractivity contribution in [1.82, 2.24) is 9.55 Å². The number of fused-ring (bicyclic) bond motifs is 1. The van der Waals surface area contributed by atoms with Crippen LogP contribution in [-0.4, -0.2) is 16.7 Å². The van der Waals surface area contributed by atoms with E-state index < -0.39 is 0 Å². The van der Waals surface area contributed by atoms with E-state index in [2.05, 4.69) is 47.9 Å². The van der Waals surface area contributed by atoms with Gasteiger partial charge in [-0.3, -0.25) is 0 Å². The molecule has 0 bridgehead atoms. The van der Waals surface area contributed by atoms with Gasteiger partial charge in [0.2, 0.25) is 0 Å². The van der Waals surface area contributed by atoms with Crippen LogP contribution >= 0.6 is 0 Å². The van der Waals surface area contributed by atoms with Gasteiger partial charge in [-0.15, -0.1) is 0 Å². The zero-order valence-electron chi connectivity index (χ0n) is 18.2. The Morgan fingerprint density at radius 3 is 2.21 bits per heavy atom. The van der Waals surface area contributed by atoms with Crippen LogP contribution in [0.5, 0.6) is 5.75 Å². The number of ether oxygens (including phenoxy) is 1. The Kier molecular flexibility index (Phi) is 8.60. The molecule has 29 heavy (non-hydrogen) atoms. The van der Waals surface area contributed by atoms with Gasteiger partial charge >= 0.3 is 0 Å². The smallest absolute Gasteiger partial charge is 0.141 e. The maximum absolute atomic E-state index is 5.42. The van der Waals surface area contributed by atoms with Crippen LogP contribution in [0.3, 0.4) is 0 Å². The average molecular weight is 393 g/mol. The average Bonchev–Trinajstić information content (AvgIpc) is 3.14. The van der Waals surface area contributed by atoms with Gasteiger partial charge in [-0.05, 0) is 30.7 Å². The van der Waals surface area contributed by atoms with Crippen LogP contribution in [0.1, 0.15) is 71.1 Å². The molecule has 0 aliphatic rings. The zero-order valence-corrected chi connectivity index (χ0v) is 18.2. The van der Waals surface area contributed by atoms with Gasteiger partial charge in [-0.2, -0.15) is 0 Å². The summed E-state index contributed by atoms with van der Waals surface area (Å²) >= 11 is 0. The van der Waals surface area contributed by atoms with E-state index in [4.69, 9.17) is 9.72 Å². The molecule has 3 aromatic rings. The van der Waals surface area contributed by atoms with Gasteiger partial charge < -0.3 is 9.30 Å². The molecule has 3 nitrogen and oxygen atoms in total. The number of aromatic nitrogens is 2. The number of rotatable bonds is 13. The molecule has 0 amide bonds. The van der Waals surface area contributed by atoms with Crippen molar-refractivity contribution >= 4 is 11.0 Å². The standard InChI is InChI=1S/C26H36N2O/c1-3-4-5-6-7-8-9-10-11-14-20-28-25-19-13-12-18-24(25)27-26(28)22-16-15-17-23(21-22)29-2/h12-13,15-19,21H,3-11,14,20H2,1-2H3. The van der Waals surface area contributed by atoms with Crippen LogP contribution in [0.25, 0.3) is 22.4 Å². The van der Waals surface area contributed by atoms with Gasteiger partial charge in [0.25, 0.3) is 0 Å². The number of hydrogen-bond donors (Lipinski definition) is 0. The highest BCUT2D eigenvalue weighted by Gasteiger charge is 2.12. The molecule has 0 N–H and O–H groups in total. The predicted molar refractivity (Wildman–Crippen MR) is 124 cm³/mol. The summed E-state index contributed by atoms with van der Waals surface area (Å²) in [5.41, 5.74) is 3.41. The number of imidazole rings is 1. The second-order valence-corrected chi connectivity index (χ2v) is 7.99. The second kappa shape index (κ2) is 11.6. The topological polar surface area (TPSA) is 27.1 Å². The molecule has 0 saturated heterocycles. The molecule has 3 heteroatoms. The first kappa shape index (κ1) is 21.4. The summed E-state index contributed by atoms with van der Waals surface area (Å²) < 4.78 is 7.80. The number of unbranched alkanes of at least 4 members (excludes halogenated alkanes) is 9. The molecule has 0 atom stereocenters. The minimum Gasteiger partial charge on any atom is -0.497 e. The molecular formula is C26H36N2O. The number of benzene rings is 2. The van der Waals surface area contributed by atoms with Gasteiger partial charge in [0, 0.05) is 12.1 Å². The molecule has 0 fully saturated rings. The first-order chi connectivity index (χ1) is 14.3. The van der Waals surface area contributed by atoms with Crippen LogP contribution in [-0.2, 0) is 6.54 Å². The van der Waals surface area contributed by atoms with E-state index in [9.17, 15) is 0 Å². The van der Waals surface area contributed by atoms with Gasteiger partial charge in [0.15, 0.2) is 0 Å². The lowest BCUT2D eigenvalue weighted by Gasteiger charge is -2.10. The fraction of sp³-hybridized carbons (Fsp3) is 0.500. The third-order valence-electron chi connectivity index (χ3n) is 5.72.